The van der Waals surface area contributed by atoms with Gasteiger partial charge in [-0.1, -0.05) is 0 Å². The number of ether oxygens (including phenoxy) is 1. The summed E-state index contributed by atoms with van der Waals surface area (Å²) in [6, 6.07) is 0. The van der Waals surface area contributed by atoms with Gasteiger partial charge in [0.1, 0.15) is 0 Å². The molecule has 1 aromatic rings. The molecule has 0 fully saturated rings. The molecule has 1 heterocycles. The summed E-state index contributed by atoms with van der Waals surface area (Å²) in [6.07, 6.45) is -3.71. The van der Waals surface area contributed by atoms with Gasteiger partial charge in [0.2, 0.25) is 0 Å². The van der Waals surface area contributed by atoms with Crippen molar-refractivity contribution in [3.05, 3.63) is 23.8 Å². The zero-order chi connectivity index (χ0) is 15.6. The van der Waals surface area contributed by atoms with E-state index in [1.54, 1.807) is 13.8 Å². The first-order valence-corrected chi connectivity index (χ1v) is 5.37. The van der Waals surface area contributed by atoms with Crippen LogP contribution in [0.4, 0.5) is 22.0 Å². The van der Waals surface area contributed by atoms with Crippen molar-refractivity contribution in [2.45, 2.75) is 25.9 Å². The Morgan fingerprint density at radius 2 is 1.65 bits per heavy atom. The highest BCUT2D eigenvalue weighted by Crippen LogP contribution is 2.35. The van der Waals surface area contributed by atoms with Crippen LogP contribution in [0.25, 0.3) is 5.70 Å². The number of hydrogen-bond acceptors (Lipinski definition) is 4. The molecule has 20 heavy (non-hydrogen) atoms. The number of alkyl halides is 5. The lowest BCUT2D eigenvalue weighted by Gasteiger charge is -2.19. The minimum atomic E-state index is -5.67. The number of nitrogens with two attached hydrogens (primary N) is 1. The Balaban J connectivity index is 2.75. The molecule has 0 aromatic carbocycles. The first-order chi connectivity index (χ1) is 9.04. The lowest BCUT2D eigenvalue weighted by atomic mass is 10.2. The molecule has 2 N–H and O–H groups in total. The van der Waals surface area contributed by atoms with E-state index in [0.717, 1.165) is 18.0 Å². The highest BCUT2D eigenvalue weighted by molar-refractivity contribution is 5.58. The van der Waals surface area contributed by atoms with E-state index in [1.807, 2.05) is 0 Å². The predicted octanol–water partition coefficient (Wildman–Crippen LogP) is 2.76. The molecule has 0 radical (unpaired) electrons. The number of allylic oxidation sites excluding steroid dienone is 1. The van der Waals surface area contributed by atoms with E-state index >= 15 is 0 Å². The largest absolute Gasteiger partial charge is 0.484 e. The van der Waals surface area contributed by atoms with Crippen LogP contribution in [0.5, 0.6) is 5.75 Å². The van der Waals surface area contributed by atoms with Gasteiger partial charge in [-0.3, -0.25) is 0 Å². The van der Waals surface area contributed by atoms with Crippen LogP contribution in [0.1, 0.15) is 19.7 Å². The minimum absolute atomic E-state index is 0.139. The van der Waals surface area contributed by atoms with E-state index in [1.165, 1.54) is 0 Å². The molecular formula is C11H12F5N3O. The molecule has 4 nitrogen and oxygen atoms in total. The molecule has 0 unspecified atom stereocenters. The normalized spacial score (nSPS) is 12.2. The Morgan fingerprint density at radius 1 is 1.15 bits per heavy atom. The van der Waals surface area contributed by atoms with Gasteiger partial charge in [-0.2, -0.15) is 22.0 Å². The van der Waals surface area contributed by atoms with Gasteiger partial charge in [0.25, 0.3) is 0 Å². The van der Waals surface area contributed by atoms with Crippen LogP contribution >= 0.6 is 0 Å². The first kappa shape index (κ1) is 16.1. The van der Waals surface area contributed by atoms with Crippen LogP contribution in [0.2, 0.25) is 0 Å². The maximum atomic E-state index is 12.6. The van der Waals surface area contributed by atoms with Crippen LogP contribution in [0.3, 0.4) is 0 Å². The van der Waals surface area contributed by atoms with Crippen molar-refractivity contribution in [3.63, 3.8) is 0 Å². The number of rotatable bonds is 4. The molecule has 0 amide bonds. The third-order valence-corrected chi connectivity index (χ3v) is 2.24. The second kappa shape index (κ2) is 5.59. The smallest absolute Gasteiger partial charge is 0.456 e. The van der Waals surface area contributed by atoms with Gasteiger partial charge in [-0.25, -0.2) is 9.97 Å². The van der Waals surface area contributed by atoms with Crippen LogP contribution < -0.4 is 10.5 Å². The molecule has 1 rings (SSSR count). The summed E-state index contributed by atoms with van der Waals surface area (Å²) in [5.41, 5.74) is 6.66. The summed E-state index contributed by atoms with van der Waals surface area (Å²) in [6.45, 7) is 1.59. The van der Waals surface area contributed by atoms with Crippen molar-refractivity contribution < 1.29 is 26.7 Å². The maximum absolute atomic E-state index is 12.6. The topological polar surface area (TPSA) is 61.0 Å². The van der Waals surface area contributed by atoms with Gasteiger partial charge in [0.05, 0.1) is 18.1 Å². The highest BCUT2D eigenvalue weighted by Gasteiger charge is 2.58. The van der Waals surface area contributed by atoms with E-state index in [9.17, 15) is 22.0 Å². The fourth-order valence-electron chi connectivity index (χ4n) is 1.01. The van der Waals surface area contributed by atoms with Crippen molar-refractivity contribution in [2.75, 3.05) is 6.61 Å². The Hall–Kier alpha value is -1.93. The van der Waals surface area contributed by atoms with Gasteiger partial charge >= 0.3 is 12.1 Å². The molecule has 0 spiro atoms. The van der Waals surface area contributed by atoms with Crippen molar-refractivity contribution in [1.82, 2.24) is 9.97 Å². The molecule has 0 saturated carbocycles. The second-order valence-corrected chi connectivity index (χ2v) is 4.15. The fraction of sp³-hybridized carbons (Fsp3) is 0.455. The number of hydrogen-bond donors (Lipinski definition) is 1. The van der Waals surface area contributed by atoms with E-state index in [2.05, 4.69) is 14.7 Å². The molecule has 0 saturated heterocycles. The van der Waals surface area contributed by atoms with E-state index < -0.39 is 18.7 Å². The van der Waals surface area contributed by atoms with Crippen molar-refractivity contribution in [1.29, 1.82) is 0 Å². The SMILES string of the molecule is CC(C)=C(N)c1ncc(OCC(F)(F)C(F)(F)F)cn1. The lowest BCUT2D eigenvalue weighted by molar-refractivity contribution is -0.290. The minimum Gasteiger partial charge on any atom is -0.484 e. The average molecular weight is 297 g/mol. The average Bonchev–Trinajstić information content (AvgIpc) is 2.34. The molecule has 0 atom stereocenters. The van der Waals surface area contributed by atoms with Crippen molar-refractivity contribution in [3.8, 4) is 5.75 Å². The quantitative estimate of drug-likeness (QED) is 0.868. The van der Waals surface area contributed by atoms with Gasteiger partial charge < -0.3 is 10.5 Å². The van der Waals surface area contributed by atoms with Crippen LogP contribution in [-0.4, -0.2) is 28.7 Å². The first-order valence-electron chi connectivity index (χ1n) is 5.37. The van der Waals surface area contributed by atoms with Gasteiger partial charge in [0, 0.05) is 0 Å². The zero-order valence-electron chi connectivity index (χ0n) is 10.6. The second-order valence-electron chi connectivity index (χ2n) is 4.15. The number of aromatic nitrogens is 2. The summed E-state index contributed by atoms with van der Waals surface area (Å²) >= 11 is 0. The summed E-state index contributed by atoms with van der Waals surface area (Å²) in [7, 11) is 0. The molecule has 112 valence electrons. The van der Waals surface area contributed by atoms with E-state index in [0.29, 0.717) is 0 Å². The van der Waals surface area contributed by atoms with Crippen LogP contribution in [-0.2, 0) is 0 Å². The summed E-state index contributed by atoms with van der Waals surface area (Å²) in [4.78, 5) is 7.44. The Labute approximate surface area is 111 Å². The number of halogens is 5. The van der Waals surface area contributed by atoms with Crippen molar-refractivity contribution >= 4 is 5.70 Å². The lowest BCUT2D eigenvalue weighted by Crippen LogP contribution is -2.41. The molecular weight excluding hydrogens is 285 g/mol. The van der Waals surface area contributed by atoms with Crippen LogP contribution in [0, 0.1) is 0 Å². The predicted molar refractivity (Wildman–Crippen MR) is 61.0 cm³/mol. The molecule has 0 bridgehead atoms. The standard InChI is InChI=1S/C11H12F5N3O/c1-6(2)8(17)9-18-3-7(4-19-9)20-5-10(12,13)11(14,15)16/h3-4H,5,17H2,1-2H3. The molecule has 0 aliphatic carbocycles. The number of nitrogens with zero attached hydrogens (tertiary/aromatic N) is 2. The molecule has 9 heteroatoms. The Kier molecular flexibility index (Phi) is 4.51. The van der Waals surface area contributed by atoms with Crippen molar-refractivity contribution in [2.24, 2.45) is 5.73 Å². The Bertz CT molecular complexity index is 492. The molecule has 0 aliphatic rings. The van der Waals surface area contributed by atoms with Gasteiger partial charge in [0.15, 0.2) is 18.2 Å². The summed E-state index contributed by atoms with van der Waals surface area (Å²) < 4.78 is 65.3. The van der Waals surface area contributed by atoms with Gasteiger partial charge in [-0.15, -0.1) is 0 Å². The monoisotopic (exact) mass is 297 g/mol. The maximum Gasteiger partial charge on any atom is 0.456 e. The third-order valence-electron chi connectivity index (χ3n) is 2.24. The molecule has 0 aliphatic heterocycles. The third kappa shape index (κ3) is 3.78. The summed E-state index contributed by atoms with van der Waals surface area (Å²) in [5.74, 6) is -5.11. The highest BCUT2D eigenvalue weighted by atomic mass is 19.4. The summed E-state index contributed by atoms with van der Waals surface area (Å²) in [5, 5.41) is 0. The van der Waals surface area contributed by atoms with Gasteiger partial charge in [-0.05, 0) is 19.4 Å². The van der Waals surface area contributed by atoms with Crippen LogP contribution in [0.15, 0.2) is 18.0 Å². The fourth-order valence-corrected chi connectivity index (χ4v) is 1.01. The molecule has 1 aromatic heterocycles. The van der Waals surface area contributed by atoms with E-state index in [-0.39, 0.29) is 17.3 Å². The van der Waals surface area contributed by atoms with E-state index in [4.69, 9.17) is 5.73 Å². The zero-order valence-corrected chi connectivity index (χ0v) is 10.6. The Morgan fingerprint density at radius 3 is 2.05 bits per heavy atom.